The molecule has 174 valence electrons. The van der Waals surface area contributed by atoms with Crippen LogP contribution in [0.1, 0.15) is 64.1 Å². The van der Waals surface area contributed by atoms with Crippen molar-refractivity contribution in [1.82, 2.24) is 0 Å². The van der Waals surface area contributed by atoms with Crippen LogP contribution in [0.3, 0.4) is 0 Å². The molecule has 2 aromatic rings. The zero-order valence-electron chi connectivity index (χ0n) is 18.7. The third kappa shape index (κ3) is 3.94. The highest BCUT2D eigenvalue weighted by atomic mass is 32.1. The maximum Gasteiger partial charge on any atom is 0.341 e. The van der Waals surface area contributed by atoms with Crippen LogP contribution in [-0.4, -0.2) is 24.9 Å². The summed E-state index contributed by atoms with van der Waals surface area (Å²) in [6.07, 6.45) is 6.39. The molecule has 33 heavy (non-hydrogen) atoms. The molecule has 4 fully saturated rings. The van der Waals surface area contributed by atoms with Crippen LogP contribution >= 0.6 is 11.3 Å². The van der Waals surface area contributed by atoms with Gasteiger partial charge < -0.3 is 15.4 Å². The van der Waals surface area contributed by atoms with Crippen molar-refractivity contribution >= 4 is 39.8 Å². The lowest BCUT2D eigenvalue weighted by Crippen LogP contribution is -2.51. The van der Waals surface area contributed by atoms with Crippen LogP contribution < -0.4 is 10.6 Å². The van der Waals surface area contributed by atoms with Gasteiger partial charge >= 0.3 is 5.97 Å². The molecule has 0 aliphatic heterocycles. The lowest BCUT2D eigenvalue weighted by Gasteiger charge is -2.55. The Balaban J connectivity index is 1.42. The number of methoxy groups -OCH3 is 1. The summed E-state index contributed by atoms with van der Waals surface area (Å²) in [5.41, 5.74) is 0.724. The molecular weight excluding hydrogens is 443 g/mol. The number of esters is 1. The summed E-state index contributed by atoms with van der Waals surface area (Å²) < 4.78 is 18.1. The molecule has 1 aromatic carbocycles. The van der Waals surface area contributed by atoms with Crippen molar-refractivity contribution in [3.05, 3.63) is 46.1 Å². The van der Waals surface area contributed by atoms with Crippen LogP contribution in [-0.2, 0) is 9.53 Å². The van der Waals surface area contributed by atoms with Gasteiger partial charge in [0.15, 0.2) is 0 Å². The summed E-state index contributed by atoms with van der Waals surface area (Å²) in [5, 5.41) is 6.10. The second-order valence-electron chi connectivity index (χ2n) is 9.86. The molecule has 6 rings (SSSR count). The molecule has 2 N–H and O–H groups in total. The zero-order chi connectivity index (χ0) is 23.3. The van der Waals surface area contributed by atoms with E-state index in [-0.39, 0.29) is 16.9 Å². The minimum absolute atomic E-state index is 0.0431. The van der Waals surface area contributed by atoms with Crippen LogP contribution in [0.5, 0.6) is 0 Å². The predicted molar refractivity (Wildman–Crippen MR) is 124 cm³/mol. The molecule has 2 amide bonds. The molecule has 4 bridgehead atoms. The molecule has 6 nitrogen and oxygen atoms in total. The Hall–Kier alpha value is -2.74. The Bertz CT molecular complexity index is 1090. The number of thiophene rings is 1. The van der Waals surface area contributed by atoms with E-state index < -0.39 is 17.7 Å². The van der Waals surface area contributed by atoms with Crippen LogP contribution in [0.15, 0.2) is 24.3 Å². The van der Waals surface area contributed by atoms with E-state index in [1.165, 1.54) is 50.6 Å². The highest BCUT2D eigenvalue weighted by Gasteiger charge is 2.54. The summed E-state index contributed by atoms with van der Waals surface area (Å²) in [7, 11) is 1.28. The number of ether oxygens (including phenoxy) is 1. The van der Waals surface area contributed by atoms with Gasteiger partial charge in [0, 0.05) is 5.69 Å². The van der Waals surface area contributed by atoms with E-state index in [0.29, 0.717) is 38.9 Å². The zero-order valence-corrected chi connectivity index (χ0v) is 19.5. The van der Waals surface area contributed by atoms with Gasteiger partial charge in [0.2, 0.25) is 5.91 Å². The number of rotatable bonds is 5. The van der Waals surface area contributed by atoms with Crippen LogP contribution in [0.2, 0.25) is 0 Å². The summed E-state index contributed by atoms with van der Waals surface area (Å²) in [4.78, 5) is 39.4. The smallest absolute Gasteiger partial charge is 0.341 e. The third-order valence-electron chi connectivity index (χ3n) is 7.59. The van der Waals surface area contributed by atoms with Crippen LogP contribution in [0.25, 0.3) is 0 Å². The number of nitrogens with one attached hydrogen (secondary N) is 2. The minimum atomic E-state index is -0.592. The minimum Gasteiger partial charge on any atom is -0.465 e. The molecule has 1 heterocycles. The standard InChI is InChI=1S/C25H27FN2O4S/c1-13-19(23(30)32-2)22(33-20(13)21(29)27-18-5-3-17(26)4-6-18)28-24(31)25-10-14-7-15(11-25)9-16(8-14)12-25/h3-6,14-16H,7-12H2,1-2H3,(H,27,29)(H,28,31). The summed E-state index contributed by atoms with van der Waals surface area (Å²) >= 11 is 1.07. The first-order chi connectivity index (χ1) is 15.8. The fourth-order valence-corrected chi connectivity index (χ4v) is 7.60. The van der Waals surface area contributed by atoms with Gasteiger partial charge in [0.05, 0.1) is 23.0 Å². The molecular formula is C25H27FN2O4S. The van der Waals surface area contributed by atoms with Gasteiger partial charge in [0.25, 0.3) is 5.91 Å². The van der Waals surface area contributed by atoms with Gasteiger partial charge in [-0.2, -0.15) is 0 Å². The third-order valence-corrected chi connectivity index (χ3v) is 8.80. The second-order valence-corrected chi connectivity index (χ2v) is 10.9. The van der Waals surface area contributed by atoms with E-state index in [0.717, 1.165) is 30.6 Å². The van der Waals surface area contributed by atoms with Crippen molar-refractivity contribution in [2.45, 2.75) is 45.4 Å². The van der Waals surface area contributed by atoms with Crippen molar-refractivity contribution < 1.29 is 23.5 Å². The second kappa shape index (κ2) is 8.24. The molecule has 0 unspecified atom stereocenters. The van der Waals surface area contributed by atoms with Gasteiger partial charge in [-0.25, -0.2) is 9.18 Å². The fraction of sp³-hybridized carbons (Fsp3) is 0.480. The van der Waals surface area contributed by atoms with E-state index in [4.69, 9.17) is 4.74 Å². The van der Waals surface area contributed by atoms with Crippen molar-refractivity contribution in [2.75, 3.05) is 17.7 Å². The van der Waals surface area contributed by atoms with Crippen molar-refractivity contribution in [3.8, 4) is 0 Å². The number of carbonyl (C=O) groups excluding carboxylic acids is 3. The lowest BCUT2D eigenvalue weighted by atomic mass is 9.49. The Morgan fingerprint density at radius 3 is 2.12 bits per heavy atom. The summed E-state index contributed by atoms with van der Waals surface area (Å²) in [6.45, 7) is 1.67. The van der Waals surface area contributed by atoms with Gasteiger partial charge in [-0.05, 0) is 93.0 Å². The number of amides is 2. The normalized spacial score (nSPS) is 27.3. The SMILES string of the molecule is COC(=O)c1c(NC(=O)C23CC4CC(CC(C4)C2)C3)sc(C(=O)Nc2ccc(F)cc2)c1C. The van der Waals surface area contributed by atoms with Crippen molar-refractivity contribution in [2.24, 2.45) is 23.2 Å². The van der Waals surface area contributed by atoms with Gasteiger partial charge in [-0.1, -0.05) is 0 Å². The molecule has 1 aromatic heterocycles. The Labute approximate surface area is 195 Å². The topological polar surface area (TPSA) is 84.5 Å². The Morgan fingerprint density at radius 2 is 1.58 bits per heavy atom. The van der Waals surface area contributed by atoms with Crippen LogP contribution in [0.4, 0.5) is 15.1 Å². The molecule has 4 aliphatic carbocycles. The molecule has 8 heteroatoms. The van der Waals surface area contributed by atoms with Gasteiger partial charge in [0.1, 0.15) is 10.8 Å². The first-order valence-electron chi connectivity index (χ1n) is 11.4. The quantitative estimate of drug-likeness (QED) is 0.574. The average molecular weight is 471 g/mol. The van der Waals surface area contributed by atoms with Crippen molar-refractivity contribution in [3.63, 3.8) is 0 Å². The highest BCUT2D eigenvalue weighted by Crippen LogP contribution is 2.60. The van der Waals surface area contributed by atoms with E-state index in [1.807, 2.05) is 0 Å². The average Bonchev–Trinajstić information content (AvgIpc) is 3.09. The monoisotopic (exact) mass is 470 g/mol. The van der Waals surface area contributed by atoms with E-state index in [2.05, 4.69) is 10.6 Å². The largest absolute Gasteiger partial charge is 0.465 e. The highest BCUT2D eigenvalue weighted by molar-refractivity contribution is 7.19. The number of benzene rings is 1. The number of halogens is 1. The van der Waals surface area contributed by atoms with E-state index in [1.54, 1.807) is 6.92 Å². The Morgan fingerprint density at radius 1 is 1.00 bits per heavy atom. The number of anilines is 2. The summed E-state index contributed by atoms with van der Waals surface area (Å²) in [6, 6.07) is 5.45. The molecule has 0 spiro atoms. The fourth-order valence-electron chi connectivity index (χ4n) is 6.51. The maximum atomic E-state index is 13.5. The van der Waals surface area contributed by atoms with Gasteiger partial charge in [-0.15, -0.1) is 11.3 Å². The molecule has 4 saturated carbocycles. The predicted octanol–water partition coefficient (Wildman–Crippen LogP) is 5.39. The first-order valence-corrected chi connectivity index (χ1v) is 12.2. The molecule has 4 aliphatic rings. The maximum absolute atomic E-state index is 13.5. The number of hydrogen-bond acceptors (Lipinski definition) is 5. The van der Waals surface area contributed by atoms with Crippen LogP contribution in [0, 0.1) is 35.9 Å². The molecule has 0 atom stereocenters. The molecule has 0 radical (unpaired) electrons. The van der Waals surface area contributed by atoms with Gasteiger partial charge in [-0.3, -0.25) is 9.59 Å². The number of hydrogen-bond donors (Lipinski definition) is 2. The number of carbonyl (C=O) groups is 3. The molecule has 0 saturated heterocycles. The van der Waals surface area contributed by atoms with Crippen molar-refractivity contribution in [1.29, 1.82) is 0 Å². The first kappa shape index (κ1) is 22.1. The van der Waals surface area contributed by atoms with E-state index >= 15 is 0 Å². The Kier molecular flexibility index (Phi) is 5.51. The summed E-state index contributed by atoms with van der Waals surface area (Å²) in [5.74, 6) is 0.383. The lowest BCUT2D eigenvalue weighted by molar-refractivity contribution is -0.140. The van der Waals surface area contributed by atoms with E-state index in [9.17, 15) is 18.8 Å².